The van der Waals surface area contributed by atoms with Crippen molar-refractivity contribution in [3.05, 3.63) is 82.2 Å². The predicted molar refractivity (Wildman–Crippen MR) is 139 cm³/mol. The Kier molecular flexibility index (Phi) is 7.03. The number of amides is 1. The van der Waals surface area contributed by atoms with Crippen LogP contribution in [0.4, 0.5) is 20.2 Å². The number of Topliss-reactive ketones (excluding diaryl/α,β-unsaturated/α-hetero) is 1. The van der Waals surface area contributed by atoms with E-state index in [9.17, 15) is 18.4 Å². The molecule has 36 heavy (non-hydrogen) atoms. The molecule has 2 N–H and O–H groups in total. The molecule has 0 radical (unpaired) electrons. The lowest BCUT2D eigenvalue weighted by atomic mass is 9.68. The summed E-state index contributed by atoms with van der Waals surface area (Å²) in [5.74, 6) is -3.04. The Labute approximate surface area is 211 Å². The maximum atomic E-state index is 14.3. The molecule has 1 aliphatic heterocycles. The Morgan fingerprint density at radius 2 is 1.67 bits per heavy atom. The molecule has 190 valence electrons. The topological polar surface area (TPSA) is 61.4 Å². The second kappa shape index (κ2) is 9.88. The van der Waals surface area contributed by atoms with Crippen LogP contribution in [0.5, 0.6) is 0 Å². The van der Waals surface area contributed by atoms with Crippen LogP contribution >= 0.6 is 0 Å². The van der Waals surface area contributed by atoms with Crippen molar-refractivity contribution in [2.24, 2.45) is 5.41 Å². The summed E-state index contributed by atoms with van der Waals surface area (Å²) >= 11 is 0. The Balaban J connectivity index is 1.81. The van der Waals surface area contributed by atoms with Gasteiger partial charge < -0.3 is 15.5 Å². The SMILES string of the molecule is CCN(CC)c1ccc(C2C(C(=O)Nc3c(F)cccc3F)=C(C)NC3=C2C(=O)CC(C)(C)C3)cc1. The second-order valence-electron chi connectivity index (χ2n) is 10.2. The maximum Gasteiger partial charge on any atom is 0.254 e. The van der Waals surface area contributed by atoms with Gasteiger partial charge in [0.15, 0.2) is 5.78 Å². The standard InChI is InChI=1S/C29H33F2N3O2/c1-6-34(7-2)19-13-11-18(12-14-19)25-24(28(36)33-27-20(30)9-8-10-21(27)31)17(3)32-22-15-29(4,5)16-23(35)26(22)25/h8-14,25,32H,6-7,15-16H2,1-5H3,(H,33,36). The van der Waals surface area contributed by atoms with Gasteiger partial charge in [0.1, 0.15) is 17.3 Å². The van der Waals surface area contributed by atoms with Gasteiger partial charge in [0.25, 0.3) is 5.91 Å². The van der Waals surface area contributed by atoms with Crippen molar-refractivity contribution in [3.8, 4) is 0 Å². The first-order chi connectivity index (χ1) is 17.1. The zero-order valence-electron chi connectivity index (χ0n) is 21.5. The van der Waals surface area contributed by atoms with Crippen molar-refractivity contribution in [2.75, 3.05) is 23.3 Å². The van der Waals surface area contributed by atoms with Gasteiger partial charge in [-0.15, -0.1) is 0 Å². The number of rotatable bonds is 6. The molecule has 0 fully saturated rings. The predicted octanol–water partition coefficient (Wildman–Crippen LogP) is 6.05. The van der Waals surface area contributed by atoms with E-state index in [1.807, 2.05) is 38.1 Å². The van der Waals surface area contributed by atoms with E-state index < -0.39 is 29.1 Å². The van der Waals surface area contributed by atoms with E-state index in [4.69, 9.17) is 0 Å². The number of benzene rings is 2. The number of hydrogen-bond acceptors (Lipinski definition) is 4. The minimum Gasteiger partial charge on any atom is -0.372 e. The molecule has 2 aromatic rings. The minimum absolute atomic E-state index is 0.0264. The first-order valence-electron chi connectivity index (χ1n) is 12.4. The number of halogens is 2. The van der Waals surface area contributed by atoms with E-state index in [1.54, 1.807) is 6.92 Å². The number of hydrogen-bond donors (Lipinski definition) is 2. The third kappa shape index (κ3) is 4.79. The summed E-state index contributed by atoms with van der Waals surface area (Å²) in [6, 6.07) is 11.3. The molecule has 7 heteroatoms. The van der Waals surface area contributed by atoms with Gasteiger partial charge in [0.2, 0.25) is 0 Å². The molecule has 4 rings (SSSR count). The number of anilines is 2. The van der Waals surface area contributed by atoms with Crippen molar-refractivity contribution in [3.63, 3.8) is 0 Å². The fourth-order valence-corrected chi connectivity index (χ4v) is 5.33. The van der Waals surface area contributed by atoms with E-state index >= 15 is 0 Å². The summed E-state index contributed by atoms with van der Waals surface area (Å²) in [4.78, 5) is 29.2. The van der Waals surface area contributed by atoms with E-state index in [0.29, 0.717) is 24.1 Å². The number of dihydropyridines is 1. The van der Waals surface area contributed by atoms with Gasteiger partial charge >= 0.3 is 0 Å². The van der Waals surface area contributed by atoms with Gasteiger partial charge in [-0.05, 0) is 62.4 Å². The van der Waals surface area contributed by atoms with Crippen molar-refractivity contribution < 1.29 is 18.4 Å². The monoisotopic (exact) mass is 493 g/mol. The quantitative estimate of drug-likeness (QED) is 0.514. The average molecular weight is 494 g/mol. The molecule has 0 bridgehead atoms. The van der Waals surface area contributed by atoms with Crippen LogP contribution in [0.25, 0.3) is 0 Å². The molecule has 5 nitrogen and oxygen atoms in total. The fraction of sp³-hybridized carbons (Fsp3) is 0.379. The molecule has 0 saturated heterocycles. The molecule has 1 atom stereocenters. The zero-order chi connectivity index (χ0) is 26.2. The highest BCUT2D eigenvalue weighted by atomic mass is 19.1. The largest absolute Gasteiger partial charge is 0.372 e. The van der Waals surface area contributed by atoms with E-state index in [0.717, 1.165) is 42.2 Å². The van der Waals surface area contributed by atoms with Crippen molar-refractivity contribution in [1.29, 1.82) is 0 Å². The van der Waals surface area contributed by atoms with Gasteiger partial charge in [0, 0.05) is 53.7 Å². The number of nitrogens with zero attached hydrogens (tertiary/aromatic N) is 1. The number of para-hydroxylation sites is 1. The average Bonchev–Trinajstić information content (AvgIpc) is 2.81. The lowest BCUT2D eigenvalue weighted by Crippen LogP contribution is -2.39. The summed E-state index contributed by atoms with van der Waals surface area (Å²) in [7, 11) is 0. The lowest BCUT2D eigenvalue weighted by Gasteiger charge is -2.39. The summed E-state index contributed by atoms with van der Waals surface area (Å²) in [5, 5.41) is 5.70. The van der Waals surface area contributed by atoms with E-state index in [-0.39, 0.29) is 16.8 Å². The maximum absolute atomic E-state index is 14.3. The molecular formula is C29H33F2N3O2. The Morgan fingerprint density at radius 1 is 1.06 bits per heavy atom. The van der Waals surface area contributed by atoms with Gasteiger partial charge in [-0.1, -0.05) is 32.0 Å². The highest BCUT2D eigenvalue weighted by molar-refractivity contribution is 6.10. The Bertz CT molecular complexity index is 1240. The molecule has 0 spiro atoms. The minimum atomic E-state index is -0.860. The number of ketones is 1. The highest BCUT2D eigenvalue weighted by Gasteiger charge is 2.42. The van der Waals surface area contributed by atoms with Crippen molar-refractivity contribution >= 4 is 23.1 Å². The van der Waals surface area contributed by atoms with Crippen LogP contribution in [0.15, 0.2) is 65.0 Å². The first-order valence-corrected chi connectivity index (χ1v) is 12.4. The number of nitrogens with one attached hydrogen (secondary N) is 2. The van der Waals surface area contributed by atoms with Crippen LogP contribution in [0.1, 0.15) is 58.9 Å². The van der Waals surface area contributed by atoms with Gasteiger partial charge in [-0.2, -0.15) is 0 Å². The Morgan fingerprint density at radius 3 is 2.25 bits per heavy atom. The normalized spacial score (nSPS) is 19.1. The molecule has 0 aromatic heterocycles. The summed E-state index contributed by atoms with van der Waals surface area (Å²) < 4.78 is 28.7. The fourth-order valence-electron chi connectivity index (χ4n) is 5.33. The number of carbonyl (C=O) groups excluding carboxylic acids is 2. The van der Waals surface area contributed by atoms with Crippen molar-refractivity contribution in [1.82, 2.24) is 5.32 Å². The second-order valence-corrected chi connectivity index (χ2v) is 10.2. The highest BCUT2D eigenvalue weighted by Crippen LogP contribution is 2.47. The number of allylic oxidation sites excluding steroid dienone is 3. The molecule has 0 saturated carbocycles. The third-order valence-electron chi connectivity index (χ3n) is 7.04. The summed E-state index contributed by atoms with van der Waals surface area (Å²) in [6.07, 6.45) is 1.02. The summed E-state index contributed by atoms with van der Waals surface area (Å²) in [5.41, 5.74) is 3.31. The van der Waals surface area contributed by atoms with Crippen LogP contribution in [0, 0.1) is 17.0 Å². The van der Waals surface area contributed by atoms with Crippen LogP contribution < -0.4 is 15.5 Å². The zero-order valence-corrected chi connectivity index (χ0v) is 21.5. The molecule has 1 heterocycles. The van der Waals surface area contributed by atoms with Crippen LogP contribution in [-0.4, -0.2) is 24.8 Å². The smallest absolute Gasteiger partial charge is 0.254 e. The van der Waals surface area contributed by atoms with Gasteiger partial charge in [0.05, 0.1) is 0 Å². The molecule has 1 aliphatic carbocycles. The molecule has 1 amide bonds. The van der Waals surface area contributed by atoms with Gasteiger partial charge in [-0.25, -0.2) is 8.78 Å². The van der Waals surface area contributed by atoms with E-state index in [2.05, 4.69) is 29.4 Å². The molecule has 2 aliphatic rings. The lowest BCUT2D eigenvalue weighted by molar-refractivity contribution is -0.118. The molecule has 1 unspecified atom stereocenters. The van der Waals surface area contributed by atoms with Crippen molar-refractivity contribution in [2.45, 2.75) is 53.4 Å². The van der Waals surface area contributed by atoms with Gasteiger partial charge in [-0.3, -0.25) is 9.59 Å². The van der Waals surface area contributed by atoms with Crippen LogP contribution in [0.2, 0.25) is 0 Å². The molecular weight excluding hydrogens is 460 g/mol. The van der Waals surface area contributed by atoms with Crippen LogP contribution in [-0.2, 0) is 9.59 Å². The molecule has 2 aromatic carbocycles. The third-order valence-corrected chi connectivity index (χ3v) is 7.04. The Hall–Kier alpha value is -3.48. The number of carbonyl (C=O) groups is 2. The van der Waals surface area contributed by atoms with Crippen LogP contribution in [0.3, 0.4) is 0 Å². The first kappa shape index (κ1) is 25.6. The van der Waals surface area contributed by atoms with E-state index in [1.165, 1.54) is 6.07 Å². The summed E-state index contributed by atoms with van der Waals surface area (Å²) in [6.45, 7) is 11.7.